The second-order valence-corrected chi connectivity index (χ2v) is 11.1. The minimum Gasteiger partial charge on any atom is -0.492 e. The van der Waals surface area contributed by atoms with E-state index in [0.717, 1.165) is 15.6 Å². The summed E-state index contributed by atoms with van der Waals surface area (Å²) in [6.07, 6.45) is 5.06. The summed E-state index contributed by atoms with van der Waals surface area (Å²) in [7, 11) is -3.96. The molecule has 1 amide bonds. The van der Waals surface area contributed by atoms with Gasteiger partial charge in [-0.05, 0) is 51.0 Å². The number of thioether (sulfide) groups is 1. The van der Waals surface area contributed by atoms with E-state index in [0.29, 0.717) is 29.8 Å². The van der Waals surface area contributed by atoms with Gasteiger partial charge in [-0.25, -0.2) is 8.42 Å². The molecule has 8 heteroatoms. The van der Waals surface area contributed by atoms with Gasteiger partial charge in [0.25, 0.3) is 10.0 Å². The summed E-state index contributed by atoms with van der Waals surface area (Å²) in [5, 5.41) is 3.57. The maximum absolute atomic E-state index is 13.5. The topological polar surface area (TPSA) is 75.7 Å². The molecule has 0 aromatic heterocycles. The molecular formula is C24H32N2O4S2. The Balaban J connectivity index is 1.77. The van der Waals surface area contributed by atoms with E-state index >= 15 is 0 Å². The summed E-state index contributed by atoms with van der Waals surface area (Å²) in [5.41, 5.74) is 1.31. The fraction of sp³-hybridized carbons (Fsp3) is 0.458. The van der Waals surface area contributed by atoms with Crippen molar-refractivity contribution in [3.05, 3.63) is 54.1 Å². The van der Waals surface area contributed by atoms with E-state index in [-0.39, 0.29) is 17.3 Å². The Hall–Kier alpha value is -2.19. The Bertz CT molecular complexity index is 987. The van der Waals surface area contributed by atoms with E-state index in [4.69, 9.17) is 4.74 Å². The Morgan fingerprint density at radius 1 is 1.12 bits per heavy atom. The maximum atomic E-state index is 13.5. The highest BCUT2D eigenvalue weighted by Crippen LogP contribution is 2.32. The number of nitrogens with zero attached hydrogens (tertiary/aromatic N) is 1. The van der Waals surface area contributed by atoms with Crippen LogP contribution in [-0.2, 0) is 14.8 Å². The van der Waals surface area contributed by atoms with Gasteiger partial charge in [0.05, 0.1) is 17.2 Å². The molecule has 0 unspecified atom stereocenters. The minimum atomic E-state index is -3.96. The molecule has 1 N–H and O–H groups in total. The number of hydrogen-bond acceptors (Lipinski definition) is 5. The standard InChI is InChI=1S/C24H32N2O4S2/c1-3-30-23-11-7-6-10-22(23)26(32(28,29)21-14-12-19(2)13-15-21)18-24(27)25-16-17-31-20-8-4-5-9-20/h6-7,10-15,20H,3-5,8-9,16-18H2,1-2H3,(H,25,27). The SMILES string of the molecule is CCOc1ccccc1N(CC(=O)NCCSC1CCCC1)S(=O)(=O)c1ccc(C)cc1. The zero-order valence-corrected chi connectivity index (χ0v) is 20.4. The van der Waals surface area contributed by atoms with Crippen molar-refractivity contribution in [2.24, 2.45) is 0 Å². The van der Waals surface area contributed by atoms with Crippen molar-refractivity contribution in [3.8, 4) is 5.75 Å². The molecule has 174 valence electrons. The predicted molar refractivity (Wildman–Crippen MR) is 131 cm³/mol. The first-order chi connectivity index (χ1) is 15.4. The van der Waals surface area contributed by atoms with Gasteiger partial charge in [-0.2, -0.15) is 11.8 Å². The lowest BCUT2D eigenvalue weighted by Gasteiger charge is -2.26. The lowest BCUT2D eigenvalue weighted by molar-refractivity contribution is -0.119. The van der Waals surface area contributed by atoms with E-state index in [1.54, 1.807) is 48.5 Å². The Labute approximate surface area is 195 Å². The molecule has 1 aliphatic rings. The molecule has 0 aliphatic heterocycles. The third-order valence-corrected chi connectivity index (χ3v) is 8.57. The fourth-order valence-corrected chi connectivity index (χ4v) is 6.39. The molecule has 0 spiro atoms. The van der Waals surface area contributed by atoms with E-state index < -0.39 is 10.0 Å². The van der Waals surface area contributed by atoms with Gasteiger partial charge in [0.2, 0.25) is 5.91 Å². The quantitative estimate of drug-likeness (QED) is 0.487. The number of ether oxygens (including phenoxy) is 1. The van der Waals surface area contributed by atoms with Gasteiger partial charge in [0.1, 0.15) is 12.3 Å². The zero-order valence-electron chi connectivity index (χ0n) is 18.7. The molecule has 2 aromatic carbocycles. The predicted octanol–water partition coefficient (Wildman–Crippen LogP) is 4.38. The molecule has 1 fully saturated rings. The molecular weight excluding hydrogens is 444 g/mol. The van der Waals surface area contributed by atoms with E-state index in [1.807, 2.05) is 25.6 Å². The molecule has 3 rings (SSSR count). The molecule has 0 radical (unpaired) electrons. The summed E-state index contributed by atoms with van der Waals surface area (Å²) in [6.45, 7) is 4.33. The Kier molecular flexibility index (Phi) is 8.87. The van der Waals surface area contributed by atoms with Gasteiger partial charge < -0.3 is 10.1 Å². The van der Waals surface area contributed by atoms with Crippen LogP contribution in [0.2, 0.25) is 0 Å². The van der Waals surface area contributed by atoms with Crippen LogP contribution in [-0.4, -0.2) is 45.0 Å². The second kappa shape index (κ2) is 11.6. The monoisotopic (exact) mass is 476 g/mol. The van der Waals surface area contributed by atoms with Gasteiger partial charge in [-0.15, -0.1) is 0 Å². The van der Waals surface area contributed by atoms with Gasteiger partial charge in [-0.1, -0.05) is 42.7 Å². The summed E-state index contributed by atoms with van der Waals surface area (Å²) in [5.74, 6) is 0.922. The Morgan fingerprint density at radius 2 is 1.81 bits per heavy atom. The average molecular weight is 477 g/mol. The number of amides is 1. The minimum absolute atomic E-state index is 0.138. The molecule has 6 nitrogen and oxygen atoms in total. The zero-order chi connectivity index (χ0) is 23.0. The average Bonchev–Trinajstić information content (AvgIpc) is 3.30. The molecule has 2 aromatic rings. The normalized spacial score (nSPS) is 14.3. The first-order valence-electron chi connectivity index (χ1n) is 11.1. The van der Waals surface area contributed by atoms with Crippen LogP contribution in [0.25, 0.3) is 0 Å². The number of nitrogens with one attached hydrogen (secondary N) is 1. The smallest absolute Gasteiger partial charge is 0.264 e. The van der Waals surface area contributed by atoms with E-state index in [1.165, 1.54) is 25.7 Å². The number of anilines is 1. The molecule has 0 heterocycles. The first kappa shape index (κ1) is 24.5. The molecule has 0 atom stereocenters. The summed E-state index contributed by atoms with van der Waals surface area (Å²) in [4.78, 5) is 12.9. The number of rotatable bonds is 11. The first-order valence-corrected chi connectivity index (χ1v) is 13.6. The van der Waals surface area contributed by atoms with Crippen molar-refractivity contribution in [2.45, 2.75) is 49.7 Å². The van der Waals surface area contributed by atoms with Gasteiger partial charge in [0, 0.05) is 17.5 Å². The van der Waals surface area contributed by atoms with E-state index in [2.05, 4.69) is 5.32 Å². The highest BCUT2D eigenvalue weighted by atomic mass is 32.2. The maximum Gasteiger partial charge on any atom is 0.264 e. The summed E-state index contributed by atoms with van der Waals surface area (Å²) < 4.78 is 33.9. The Morgan fingerprint density at radius 3 is 2.50 bits per heavy atom. The summed E-state index contributed by atoms with van der Waals surface area (Å²) >= 11 is 1.89. The highest BCUT2D eigenvalue weighted by Gasteiger charge is 2.29. The van der Waals surface area contributed by atoms with Gasteiger partial charge >= 0.3 is 0 Å². The van der Waals surface area contributed by atoms with Crippen LogP contribution in [0.3, 0.4) is 0 Å². The van der Waals surface area contributed by atoms with Crippen molar-refractivity contribution in [1.82, 2.24) is 5.32 Å². The van der Waals surface area contributed by atoms with Crippen LogP contribution in [0.4, 0.5) is 5.69 Å². The fourth-order valence-electron chi connectivity index (χ4n) is 3.74. The number of para-hydroxylation sites is 2. The van der Waals surface area contributed by atoms with Crippen LogP contribution < -0.4 is 14.4 Å². The van der Waals surface area contributed by atoms with Crippen molar-refractivity contribution in [2.75, 3.05) is 29.8 Å². The number of hydrogen-bond donors (Lipinski definition) is 1. The van der Waals surface area contributed by atoms with E-state index in [9.17, 15) is 13.2 Å². The number of carbonyl (C=O) groups is 1. The van der Waals surface area contributed by atoms with Crippen molar-refractivity contribution in [3.63, 3.8) is 0 Å². The van der Waals surface area contributed by atoms with Crippen molar-refractivity contribution in [1.29, 1.82) is 0 Å². The second-order valence-electron chi connectivity index (χ2n) is 7.85. The van der Waals surface area contributed by atoms with Crippen molar-refractivity contribution >= 4 is 33.4 Å². The molecule has 0 saturated heterocycles. The molecule has 1 aliphatic carbocycles. The van der Waals surface area contributed by atoms with Crippen LogP contribution in [0.5, 0.6) is 5.75 Å². The van der Waals surface area contributed by atoms with Crippen LogP contribution >= 0.6 is 11.8 Å². The van der Waals surface area contributed by atoms with Gasteiger partial charge in [0.15, 0.2) is 0 Å². The number of aryl methyl sites for hydroxylation is 1. The van der Waals surface area contributed by atoms with Gasteiger partial charge in [-0.3, -0.25) is 9.10 Å². The van der Waals surface area contributed by atoms with Crippen LogP contribution in [0.1, 0.15) is 38.2 Å². The highest BCUT2D eigenvalue weighted by molar-refractivity contribution is 7.99. The molecule has 0 bridgehead atoms. The number of carbonyl (C=O) groups excluding carboxylic acids is 1. The molecule has 1 saturated carbocycles. The molecule has 32 heavy (non-hydrogen) atoms. The third kappa shape index (κ3) is 6.42. The number of sulfonamides is 1. The number of benzene rings is 2. The van der Waals surface area contributed by atoms with Crippen LogP contribution in [0, 0.1) is 6.92 Å². The summed E-state index contributed by atoms with van der Waals surface area (Å²) in [6, 6.07) is 13.5. The third-order valence-electron chi connectivity index (χ3n) is 5.41. The lowest BCUT2D eigenvalue weighted by atomic mass is 10.2. The van der Waals surface area contributed by atoms with Crippen molar-refractivity contribution < 1.29 is 17.9 Å². The lowest BCUT2D eigenvalue weighted by Crippen LogP contribution is -2.41. The largest absolute Gasteiger partial charge is 0.492 e. The van der Waals surface area contributed by atoms with Crippen LogP contribution in [0.15, 0.2) is 53.4 Å².